The van der Waals surface area contributed by atoms with Crippen LogP contribution in [-0.4, -0.2) is 17.4 Å². The van der Waals surface area contributed by atoms with E-state index in [2.05, 4.69) is 10.3 Å². The van der Waals surface area contributed by atoms with E-state index in [1.807, 2.05) is 26.0 Å². The van der Waals surface area contributed by atoms with Crippen LogP contribution >= 0.6 is 0 Å². The number of nitrogens with zero attached hydrogens (tertiary/aromatic N) is 1. The van der Waals surface area contributed by atoms with E-state index in [-0.39, 0.29) is 17.9 Å². The fraction of sp³-hybridized carbons (Fsp3) is 0.538. The predicted molar refractivity (Wildman–Crippen MR) is 68.2 cm³/mol. The number of pyridine rings is 1. The molecule has 2 atom stereocenters. The SMILES string of the molecule is CC(CCCN)C(=O)N[C@H](C)c1cccnc1. The van der Waals surface area contributed by atoms with E-state index in [1.165, 1.54) is 0 Å². The second kappa shape index (κ2) is 7.01. The molecule has 0 aliphatic rings. The van der Waals surface area contributed by atoms with Crippen molar-refractivity contribution in [2.45, 2.75) is 32.7 Å². The van der Waals surface area contributed by atoms with Crippen molar-refractivity contribution in [1.82, 2.24) is 10.3 Å². The smallest absolute Gasteiger partial charge is 0.223 e. The molecule has 0 radical (unpaired) electrons. The van der Waals surface area contributed by atoms with Crippen LogP contribution < -0.4 is 11.1 Å². The third-order valence-corrected chi connectivity index (χ3v) is 2.83. The lowest BCUT2D eigenvalue weighted by Gasteiger charge is -2.17. The molecular formula is C13H21N3O. The number of aromatic nitrogens is 1. The fourth-order valence-electron chi connectivity index (χ4n) is 1.63. The molecule has 1 aromatic heterocycles. The zero-order valence-corrected chi connectivity index (χ0v) is 10.5. The number of hydrogen-bond donors (Lipinski definition) is 2. The molecule has 1 amide bonds. The normalized spacial score (nSPS) is 14.1. The van der Waals surface area contributed by atoms with Gasteiger partial charge in [0.25, 0.3) is 0 Å². The molecular weight excluding hydrogens is 214 g/mol. The first kappa shape index (κ1) is 13.6. The van der Waals surface area contributed by atoms with Gasteiger partial charge >= 0.3 is 0 Å². The number of hydrogen-bond acceptors (Lipinski definition) is 3. The molecule has 0 saturated heterocycles. The maximum absolute atomic E-state index is 11.9. The van der Waals surface area contributed by atoms with Gasteiger partial charge in [-0.3, -0.25) is 9.78 Å². The lowest BCUT2D eigenvalue weighted by atomic mass is 10.0. The Morgan fingerprint density at radius 1 is 1.53 bits per heavy atom. The Kier molecular flexibility index (Phi) is 5.63. The quantitative estimate of drug-likeness (QED) is 0.787. The number of rotatable bonds is 6. The van der Waals surface area contributed by atoms with Gasteiger partial charge in [0.15, 0.2) is 0 Å². The Bertz CT molecular complexity index is 340. The van der Waals surface area contributed by atoms with Gasteiger partial charge in [-0.15, -0.1) is 0 Å². The molecule has 94 valence electrons. The number of nitrogens with two attached hydrogens (primary N) is 1. The average Bonchev–Trinajstić information content (AvgIpc) is 2.36. The first-order valence-corrected chi connectivity index (χ1v) is 6.05. The molecule has 3 N–H and O–H groups in total. The topological polar surface area (TPSA) is 68.0 Å². The van der Waals surface area contributed by atoms with Gasteiger partial charge in [-0.2, -0.15) is 0 Å². The Hall–Kier alpha value is -1.42. The van der Waals surface area contributed by atoms with Crippen LogP contribution in [0.1, 0.15) is 38.3 Å². The molecule has 4 nitrogen and oxygen atoms in total. The maximum Gasteiger partial charge on any atom is 0.223 e. The van der Waals surface area contributed by atoms with E-state index in [4.69, 9.17) is 5.73 Å². The van der Waals surface area contributed by atoms with Crippen molar-refractivity contribution in [1.29, 1.82) is 0 Å². The van der Waals surface area contributed by atoms with Crippen LogP contribution in [0, 0.1) is 5.92 Å². The van der Waals surface area contributed by atoms with E-state index in [1.54, 1.807) is 12.4 Å². The van der Waals surface area contributed by atoms with Gasteiger partial charge in [0.05, 0.1) is 6.04 Å². The second-order valence-corrected chi connectivity index (χ2v) is 4.35. The summed E-state index contributed by atoms with van der Waals surface area (Å²) < 4.78 is 0. The molecule has 0 aliphatic heterocycles. The van der Waals surface area contributed by atoms with Crippen LogP contribution in [0.5, 0.6) is 0 Å². The highest BCUT2D eigenvalue weighted by atomic mass is 16.1. The summed E-state index contributed by atoms with van der Waals surface area (Å²) in [7, 11) is 0. The molecule has 1 unspecified atom stereocenters. The zero-order valence-electron chi connectivity index (χ0n) is 10.5. The van der Waals surface area contributed by atoms with Crippen LogP contribution in [0.4, 0.5) is 0 Å². The van der Waals surface area contributed by atoms with Crippen molar-refractivity contribution in [3.05, 3.63) is 30.1 Å². The van der Waals surface area contributed by atoms with Gasteiger partial charge in [-0.25, -0.2) is 0 Å². The summed E-state index contributed by atoms with van der Waals surface area (Å²) in [5, 5.41) is 2.99. The molecule has 1 rings (SSSR count). The van der Waals surface area contributed by atoms with Crippen molar-refractivity contribution < 1.29 is 4.79 Å². The molecule has 1 heterocycles. The molecule has 0 spiro atoms. The highest BCUT2D eigenvalue weighted by Crippen LogP contribution is 2.12. The first-order chi connectivity index (χ1) is 8.15. The van der Waals surface area contributed by atoms with Crippen LogP contribution in [-0.2, 0) is 4.79 Å². The summed E-state index contributed by atoms with van der Waals surface area (Å²) in [6.07, 6.45) is 5.22. The van der Waals surface area contributed by atoms with Crippen molar-refractivity contribution >= 4 is 5.91 Å². The van der Waals surface area contributed by atoms with E-state index < -0.39 is 0 Å². The van der Waals surface area contributed by atoms with Gasteiger partial charge < -0.3 is 11.1 Å². The summed E-state index contributed by atoms with van der Waals surface area (Å²) in [4.78, 5) is 15.9. The highest BCUT2D eigenvalue weighted by Gasteiger charge is 2.15. The van der Waals surface area contributed by atoms with Crippen LogP contribution in [0.2, 0.25) is 0 Å². The largest absolute Gasteiger partial charge is 0.349 e. The predicted octanol–water partition coefficient (Wildman–Crippen LogP) is 1.63. The lowest BCUT2D eigenvalue weighted by Crippen LogP contribution is -2.31. The number of carbonyl (C=O) groups is 1. The third kappa shape index (κ3) is 4.53. The number of amides is 1. The molecule has 0 saturated carbocycles. The summed E-state index contributed by atoms with van der Waals surface area (Å²) in [5.41, 5.74) is 6.45. The zero-order chi connectivity index (χ0) is 12.7. The Morgan fingerprint density at radius 3 is 2.88 bits per heavy atom. The van der Waals surface area contributed by atoms with Crippen LogP contribution in [0.3, 0.4) is 0 Å². The third-order valence-electron chi connectivity index (χ3n) is 2.83. The highest BCUT2D eigenvalue weighted by molar-refractivity contribution is 5.78. The second-order valence-electron chi connectivity index (χ2n) is 4.35. The number of carbonyl (C=O) groups excluding carboxylic acids is 1. The molecule has 17 heavy (non-hydrogen) atoms. The summed E-state index contributed by atoms with van der Waals surface area (Å²) in [5.74, 6) is 0.0903. The van der Waals surface area contributed by atoms with E-state index in [0.29, 0.717) is 6.54 Å². The first-order valence-electron chi connectivity index (χ1n) is 6.05. The lowest BCUT2D eigenvalue weighted by molar-refractivity contribution is -0.125. The van der Waals surface area contributed by atoms with E-state index in [0.717, 1.165) is 18.4 Å². The minimum absolute atomic E-state index is 0.00322. The molecule has 0 fully saturated rings. The van der Waals surface area contributed by atoms with Gasteiger partial charge in [0.1, 0.15) is 0 Å². The fourth-order valence-corrected chi connectivity index (χ4v) is 1.63. The minimum Gasteiger partial charge on any atom is -0.349 e. The summed E-state index contributed by atoms with van der Waals surface area (Å²) in [6, 6.07) is 3.83. The van der Waals surface area contributed by atoms with Crippen molar-refractivity contribution in [2.24, 2.45) is 11.7 Å². The minimum atomic E-state index is -0.00322. The van der Waals surface area contributed by atoms with E-state index >= 15 is 0 Å². The van der Waals surface area contributed by atoms with Crippen molar-refractivity contribution in [3.8, 4) is 0 Å². The summed E-state index contributed by atoms with van der Waals surface area (Å²) in [6.45, 7) is 4.53. The molecule has 4 heteroatoms. The number of nitrogens with one attached hydrogen (secondary N) is 1. The van der Waals surface area contributed by atoms with Crippen molar-refractivity contribution in [3.63, 3.8) is 0 Å². The molecule has 0 aromatic carbocycles. The molecule has 0 bridgehead atoms. The van der Waals surface area contributed by atoms with Gasteiger partial charge in [-0.05, 0) is 37.9 Å². The monoisotopic (exact) mass is 235 g/mol. The summed E-state index contributed by atoms with van der Waals surface area (Å²) >= 11 is 0. The molecule has 0 aliphatic carbocycles. The van der Waals surface area contributed by atoms with Gasteiger partial charge in [-0.1, -0.05) is 13.0 Å². The Morgan fingerprint density at radius 2 is 2.29 bits per heavy atom. The van der Waals surface area contributed by atoms with E-state index in [9.17, 15) is 4.79 Å². The van der Waals surface area contributed by atoms with Gasteiger partial charge in [0, 0.05) is 18.3 Å². The Balaban J connectivity index is 2.46. The van der Waals surface area contributed by atoms with Crippen LogP contribution in [0.15, 0.2) is 24.5 Å². The average molecular weight is 235 g/mol. The standard InChI is InChI=1S/C13H21N3O/c1-10(5-3-7-14)13(17)16-11(2)12-6-4-8-15-9-12/h4,6,8-11H,3,5,7,14H2,1-2H3,(H,16,17)/t10?,11-/m1/s1. The molecule has 1 aromatic rings. The Labute approximate surface area is 103 Å². The van der Waals surface area contributed by atoms with Gasteiger partial charge in [0.2, 0.25) is 5.91 Å². The van der Waals surface area contributed by atoms with Crippen molar-refractivity contribution in [2.75, 3.05) is 6.54 Å². The van der Waals surface area contributed by atoms with Crippen LogP contribution in [0.25, 0.3) is 0 Å². The maximum atomic E-state index is 11.9.